The number of aliphatic carboxylic acids is 1. The summed E-state index contributed by atoms with van der Waals surface area (Å²) < 4.78 is 0. The summed E-state index contributed by atoms with van der Waals surface area (Å²) in [5, 5.41) is 17.5. The van der Waals surface area contributed by atoms with Crippen LogP contribution in [0.1, 0.15) is 10.4 Å². The predicted octanol–water partition coefficient (Wildman–Crippen LogP) is 0.825. The minimum Gasteiger partial charge on any atom is -0.502 e. The summed E-state index contributed by atoms with van der Waals surface area (Å²) in [6.07, 6.45) is 2.84. The van der Waals surface area contributed by atoms with Crippen LogP contribution >= 0.6 is 0 Å². The highest BCUT2D eigenvalue weighted by molar-refractivity contribution is 6.28. The van der Waals surface area contributed by atoms with E-state index in [1.54, 1.807) is 0 Å². The second-order valence-electron chi connectivity index (χ2n) is 4.09. The molecule has 0 aromatic heterocycles. The first kappa shape index (κ1) is 14.2. The van der Waals surface area contributed by atoms with Crippen molar-refractivity contribution in [3.8, 4) is 0 Å². The molecule has 0 spiro atoms. The van der Waals surface area contributed by atoms with Crippen LogP contribution < -0.4 is 4.90 Å². The van der Waals surface area contributed by atoms with Gasteiger partial charge in [0.1, 0.15) is 0 Å². The Morgan fingerprint density at radius 1 is 0.952 bits per heavy atom. The largest absolute Gasteiger partial charge is 0.502 e. The van der Waals surface area contributed by atoms with Crippen molar-refractivity contribution in [2.75, 3.05) is 4.90 Å². The average molecular weight is 287 g/mol. The standard InChI is InChI=1S/C14H9NO6/c16-10(7-11(17)14(20)21)8-1-3-9(4-2-8)15-12(18)5-6-13(15)19/h1-7,17H,(H,20,21)/b11-7+. The number of hydrogen-bond acceptors (Lipinski definition) is 5. The molecule has 2 N–H and O–H groups in total. The van der Waals surface area contributed by atoms with E-state index in [1.165, 1.54) is 24.3 Å². The zero-order chi connectivity index (χ0) is 15.6. The van der Waals surface area contributed by atoms with Crippen molar-refractivity contribution in [3.05, 3.63) is 53.8 Å². The first-order valence-electron chi connectivity index (χ1n) is 5.74. The van der Waals surface area contributed by atoms with Gasteiger partial charge in [0.05, 0.1) is 5.69 Å². The van der Waals surface area contributed by atoms with Gasteiger partial charge in [-0.15, -0.1) is 0 Å². The van der Waals surface area contributed by atoms with Crippen LogP contribution in [-0.4, -0.2) is 33.8 Å². The number of anilines is 1. The minimum absolute atomic E-state index is 0.110. The maximum atomic E-state index is 11.7. The molecule has 1 aromatic rings. The predicted molar refractivity (Wildman–Crippen MR) is 70.8 cm³/mol. The van der Waals surface area contributed by atoms with Crippen LogP contribution in [-0.2, 0) is 14.4 Å². The first-order chi connectivity index (χ1) is 9.90. The minimum atomic E-state index is -1.61. The van der Waals surface area contributed by atoms with Gasteiger partial charge in [-0.2, -0.15) is 0 Å². The zero-order valence-corrected chi connectivity index (χ0v) is 10.5. The van der Waals surface area contributed by atoms with Gasteiger partial charge in [0.15, 0.2) is 5.78 Å². The molecule has 0 aliphatic carbocycles. The Labute approximate surface area is 118 Å². The number of nitrogens with zero attached hydrogens (tertiary/aromatic N) is 1. The number of carboxylic acids is 1. The van der Waals surface area contributed by atoms with Gasteiger partial charge in [0.2, 0.25) is 5.76 Å². The molecule has 1 aromatic carbocycles. The summed E-state index contributed by atoms with van der Waals surface area (Å²) in [4.78, 5) is 45.9. The van der Waals surface area contributed by atoms with E-state index in [2.05, 4.69) is 0 Å². The van der Waals surface area contributed by atoms with Crippen LogP contribution in [0.2, 0.25) is 0 Å². The lowest BCUT2D eigenvalue weighted by molar-refractivity contribution is -0.135. The van der Waals surface area contributed by atoms with E-state index < -0.39 is 29.3 Å². The number of carbonyl (C=O) groups excluding carboxylic acids is 3. The highest BCUT2D eigenvalue weighted by atomic mass is 16.4. The molecule has 2 amide bonds. The van der Waals surface area contributed by atoms with Gasteiger partial charge in [-0.25, -0.2) is 9.69 Å². The highest BCUT2D eigenvalue weighted by Gasteiger charge is 2.25. The summed E-state index contributed by atoms with van der Waals surface area (Å²) in [7, 11) is 0. The Bertz CT molecular complexity index is 681. The SMILES string of the molecule is O=C(O)/C(O)=C\C(=O)c1ccc(N2C(=O)C=CC2=O)cc1. The normalized spacial score (nSPS) is 14.7. The van der Waals surface area contributed by atoms with Crippen molar-refractivity contribution < 1.29 is 29.4 Å². The van der Waals surface area contributed by atoms with Gasteiger partial charge < -0.3 is 10.2 Å². The van der Waals surface area contributed by atoms with Crippen molar-refractivity contribution in [2.45, 2.75) is 0 Å². The third kappa shape index (κ3) is 2.86. The molecule has 0 saturated heterocycles. The maximum absolute atomic E-state index is 11.7. The molecular formula is C14H9NO6. The van der Waals surface area contributed by atoms with Crippen molar-refractivity contribution in [1.82, 2.24) is 0 Å². The third-order valence-corrected chi connectivity index (χ3v) is 2.71. The van der Waals surface area contributed by atoms with Crippen LogP contribution in [0.3, 0.4) is 0 Å². The van der Waals surface area contributed by atoms with Crippen molar-refractivity contribution >= 4 is 29.3 Å². The van der Waals surface area contributed by atoms with Crippen LogP contribution in [0.15, 0.2) is 48.3 Å². The fraction of sp³-hybridized carbons (Fsp3) is 0. The Hall–Kier alpha value is -3.22. The van der Waals surface area contributed by atoms with E-state index in [9.17, 15) is 19.2 Å². The monoisotopic (exact) mass is 287 g/mol. The number of hydrogen-bond donors (Lipinski definition) is 2. The third-order valence-electron chi connectivity index (χ3n) is 2.71. The maximum Gasteiger partial charge on any atom is 0.371 e. The molecule has 0 unspecified atom stereocenters. The van der Waals surface area contributed by atoms with Crippen molar-refractivity contribution in [1.29, 1.82) is 0 Å². The number of carbonyl (C=O) groups is 4. The molecule has 106 valence electrons. The van der Waals surface area contributed by atoms with Crippen LogP contribution in [0.5, 0.6) is 0 Å². The number of amides is 2. The number of aliphatic hydroxyl groups excluding tert-OH is 1. The first-order valence-corrected chi connectivity index (χ1v) is 5.74. The van der Waals surface area contributed by atoms with Crippen LogP contribution in [0, 0.1) is 0 Å². The van der Waals surface area contributed by atoms with E-state index >= 15 is 0 Å². The molecule has 7 nitrogen and oxygen atoms in total. The van der Waals surface area contributed by atoms with E-state index in [0.717, 1.165) is 17.1 Å². The summed E-state index contributed by atoms with van der Waals surface area (Å²) in [6, 6.07) is 5.40. The molecule has 1 aliphatic rings. The van der Waals surface area contributed by atoms with Crippen molar-refractivity contribution in [2.24, 2.45) is 0 Å². The van der Waals surface area contributed by atoms with Gasteiger partial charge in [-0.3, -0.25) is 14.4 Å². The summed E-state index contributed by atoms with van der Waals surface area (Å²) in [5.41, 5.74) is 0.400. The van der Waals surface area contributed by atoms with Crippen molar-refractivity contribution in [3.63, 3.8) is 0 Å². The number of benzene rings is 1. The topological polar surface area (TPSA) is 112 Å². The Kier molecular flexibility index (Phi) is 3.66. The molecule has 1 aliphatic heterocycles. The molecule has 7 heteroatoms. The Balaban J connectivity index is 2.22. The van der Waals surface area contributed by atoms with E-state index in [4.69, 9.17) is 10.2 Å². The molecular weight excluding hydrogens is 278 g/mol. The number of aliphatic hydroxyl groups is 1. The fourth-order valence-electron chi connectivity index (χ4n) is 1.70. The Morgan fingerprint density at radius 3 is 1.95 bits per heavy atom. The Morgan fingerprint density at radius 2 is 1.48 bits per heavy atom. The van der Waals surface area contributed by atoms with Gasteiger partial charge in [-0.1, -0.05) is 0 Å². The number of ketones is 1. The number of carboxylic acid groups (broad SMARTS) is 1. The van der Waals surface area contributed by atoms with Crippen LogP contribution in [0.25, 0.3) is 0 Å². The number of allylic oxidation sites excluding steroid dienone is 1. The molecule has 0 fully saturated rings. The van der Waals surface area contributed by atoms with Gasteiger partial charge in [0, 0.05) is 23.8 Å². The van der Waals surface area contributed by atoms with E-state index in [0.29, 0.717) is 6.08 Å². The lowest BCUT2D eigenvalue weighted by Gasteiger charge is -2.13. The second-order valence-corrected chi connectivity index (χ2v) is 4.09. The van der Waals surface area contributed by atoms with Gasteiger partial charge in [0.25, 0.3) is 11.8 Å². The lowest BCUT2D eigenvalue weighted by Crippen LogP contribution is -2.29. The smallest absolute Gasteiger partial charge is 0.371 e. The summed E-state index contributed by atoms with van der Waals surface area (Å²) in [6.45, 7) is 0. The van der Waals surface area contributed by atoms with Gasteiger partial charge in [-0.05, 0) is 24.3 Å². The molecule has 0 bridgehead atoms. The second kappa shape index (κ2) is 5.41. The van der Waals surface area contributed by atoms with E-state index in [-0.39, 0.29) is 11.3 Å². The molecule has 0 saturated carbocycles. The average Bonchev–Trinajstić information content (AvgIpc) is 2.78. The van der Waals surface area contributed by atoms with Crippen LogP contribution in [0.4, 0.5) is 5.69 Å². The molecule has 0 radical (unpaired) electrons. The quantitative estimate of drug-likeness (QED) is 0.367. The number of imide groups is 1. The fourth-order valence-corrected chi connectivity index (χ4v) is 1.70. The summed E-state index contributed by atoms with van der Waals surface area (Å²) >= 11 is 0. The highest BCUT2D eigenvalue weighted by Crippen LogP contribution is 2.19. The summed E-state index contributed by atoms with van der Waals surface area (Å²) in [5.74, 6) is -4.36. The van der Waals surface area contributed by atoms with E-state index in [1.807, 2.05) is 0 Å². The number of rotatable bonds is 4. The molecule has 0 atom stereocenters. The molecule has 21 heavy (non-hydrogen) atoms. The molecule has 2 rings (SSSR count). The molecule has 1 heterocycles. The lowest BCUT2D eigenvalue weighted by atomic mass is 10.1. The zero-order valence-electron chi connectivity index (χ0n) is 10.5. The van der Waals surface area contributed by atoms with Gasteiger partial charge >= 0.3 is 5.97 Å².